The fraction of sp³-hybridized carbons (Fsp3) is 0.533. The lowest BCUT2D eigenvalue weighted by Gasteiger charge is -2.42. The molecule has 2 unspecified atom stereocenters. The number of nitrogens with one attached hydrogen (secondary N) is 1. The molecule has 0 radical (unpaired) electrons. The van der Waals surface area contributed by atoms with E-state index >= 15 is 0 Å². The summed E-state index contributed by atoms with van der Waals surface area (Å²) in [5, 5.41) is 3.64. The first-order valence-corrected chi connectivity index (χ1v) is 10.2. The van der Waals surface area contributed by atoms with Gasteiger partial charge in [-0.15, -0.1) is 0 Å². The van der Waals surface area contributed by atoms with Gasteiger partial charge in [-0.2, -0.15) is 0 Å². The molecule has 20 heavy (non-hydrogen) atoms. The van der Waals surface area contributed by atoms with Crippen LogP contribution in [0.4, 0.5) is 0 Å². The van der Waals surface area contributed by atoms with Crippen molar-refractivity contribution in [1.29, 1.82) is 0 Å². The minimum Gasteiger partial charge on any atom is -0.403 e. The van der Waals surface area contributed by atoms with E-state index in [-0.39, 0.29) is 18.1 Å². The Labute approximate surface area is 126 Å². The Morgan fingerprint density at radius 3 is 2.15 bits per heavy atom. The van der Waals surface area contributed by atoms with Crippen molar-refractivity contribution in [2.75, 3.05) is 0 Å². The number of rotatable bonds is 6. The number of hydrogen-bond acceptors (Lipinski definition) is 2. The van der Waals surface area contributed by atoms with Crippen LogP contribution in [-0.4, -0.2) is 20.3 Å². The smallest absolute Gasteiger partial charge is 0.251 e. The van der Waals surface area contributed by atoms with Crippen molar-refractivity contribution in [3.05, 3.63) is 34.9 Å². The van der Waals surface area contributed by atoms with Gasteiger partial charge in [0.25, 0.3) is 5.91 Å². The summed E-state index contributed by atoms with van der Waals surface area (Å²) in [5.74, 6) is 0.0113. The van der Waals surface area contributed by atoms with Gasteiger partial charge in [0.05, 0.1) is 6.04 Å². The van der Waals surface area contributed by atoms with Gasteiger partial charge in [0, 0.05) is 5.02 Å². The molecular weight excluding hydrogens is 290 g/mol. The number of benzene rings is 1. The lowest BCUT2D eigenvalue weighted by atomic mass is 9.94. The number of β-lactam (4-membered cyclic amide) rings is 1. The minimum atomic E-state index is -1.76. The number of carbonyl (C=O) groups excluding carboxylic acids is 1. The first kappa shape index (κ1) is 15.5. The largest absolute Gasteiger partial charge is 0.403 e. The maximum atomic E-state index is 11.9. The molecule has 1 aromatic carbocycles. The average molecular weight is 312 g/mol. The van der Waals surface area contributed by atoms with Crippen LogP contribution in [0.25, 0.3) is 0 Å². The summed E-state index contributed by atoms with van der Waals surface area (Å²) < 4.78 is 6.32. The third kappa shape index (κ3) is 2.92. The molecule has 3 nitrogen and oxygen atoms in total. The molecule has 1 fully saturated rings. The quantitative estimate of drug-likeness (QED) is 0.639. The Balaban J connectivity index is 2.14. The first-order chi connectivity index (χ1) is 9.55. The summed E-state index contributed by atoms with van der Waals surface area (Å²) in [7, 11) is -1.76. The Kier molecular flexibility index (Phi) is 4.89. The summed E-state index contributed by atoms with van der Waals surface area (Å²) >= 11 is 5.90. The number of amides is 1. The fourth-order valence-corrected chi connectivity index (χ4v) is 5.59. The second-order valence-corrected chi connectivity index (χ2v) is 10.5. The summed E-state index contributed by atoms with van der Waals surface area (Å²) in [4.78, 5) is 11.9. The van der Waals surface area contributed by atoms with Gasteiger partial charge in [0.2, 0.25) is 0 Å². The van der Waals surface area contributed by atoms with Crippen molar-refractivity contribution in [1.82, 2.24) is 5.32 Å². The summed E-state index contributed by atoms with van der Waals surface area (Å²) in [6.07, 6.45) is -0.331. The van der Waals surface area contributed by atoms with Gasteiger partial charge in [-0.05, 0) is 35.8 Å². The van der Waals surface area contributed by atoms with Crippen molar-refractivity contribution in [3.8, 4) is 0 Å². The van der Waals surface area contributed by atoms with Crippen LogP contribution in [-0.2, 0) is 9.22 Å². The number of carbonyl (C=O) groups is 1. The van der Waals surface area contributed by atoms with E-state index in [0.717, 1.165) is 23.7 Å². The molecule has 2 rings (SSSR count). The van der Waals surface area contributed by atoms with Gasteiger partial charge >= 0.3 is 0 Å². The highest BCUT2D eigenvalue weighted by Gasteiger charge is 2.45. The SMILES string of the molecule is CC[Si](CC)(CC)OC1C(=O)NC1c1ccc(Cl)cc1. The van der Waals surface area contributed by atoms with Gasteiger partial charge in [0.1, 0.15) is 6.10 Å². The zero-order valence-corrected chi connectivity index (χ0v) is 14.0. The third-order valence-electron chi connectivity index (χ3n) is 4.40. The maximum Gasteiger partial charge on any atom is 0.251 e. The molecule has 1 aliphatic heterocycles. The summed E-state index contributed by atoms with van der Waals surface area (Å²) in [6.45, 7) is 6.52. The average Bonchev–Trinajstić information content (AvgIpc) is 2.48. The van der Waals surface area contributed by atoms with E-state index in [1.165, 1.54) is 0 Å². The molecule has 0 aliphatic carbocycles. The van der Waals surface area contributed by atoms with E-state index in [1.54, 1.807) is 0 Å². The molecule has 110 valence electrons. The van der Waals surface area contributed by atoms with E-state index in [2.05, 4.69) is 26.1 Å². The van der Waals surface area contributed by atoms with Gasteiger partial charge < -0.3 is 9.74 Å². The normalized spacial score (nSPS) is 22.3. The monoisotopic (exact) mass is 311 g/mol. The van der Waals surface area contributed by atoms with Gasteiger partial charge in [-0.3, -0.25) is 4.79 Å². The summed E-state index contributed by atoms with van der Waals surface area (Å²) in [5.41, 5.74) is 1.06. The number of halogens is 1. The predicted octanol–water partition coefficient (Wildman–Crippen LogP) is 3.90. The van der Waals surface area contributed by atoms with Crippen molar-refractivity contribution in [3.63, 3.8) is 0 Å². The van der Waals surface area contributed by atoms with Gasteiger partial charge in [-0.1, -0.05) is 44.5 Å². The van der Waals surface area contributed by atoms with E-state index in [9.17, 15) is 4.79 Å². The molecule has 1 aliphatic rings. The van der Waals surface area contributed by atoms with Crippen molar-refractivity contribution in [2.45, 2.75) is 51.0 Å². The minimum absolute atomic E-state index is 0.0113. The van der Waals surface area contributed by atoms with Crippen molar-refractivity contribution in [2.24, 2.45) is 0 Å². The molecule has 5 heteroatoms. The third-order valence-corrected chi connectivity index (χ3v) is 9.27. The van der Waals surface area contributed by atoms with Crippen molar-refractivity contribution < 1.29 is 9.22 Å². The van der Waals surface area contributed by atoms with E-state index in [1.807, 2.05) is 24.3 Å². The van der Waals surface area contributed by atoms with Crippen LogP contribution in [0.2, 0.25) is 23.2 Å². The zero-order valence-electron chi connectivity index (χ0n) is 12.3. The molecule has 0 bridgehead atoms. The highest BCUT2D eigenvalue weighted by Crippen LogP contribution is 2.33. The van der Waals surface area contributed by atoms with Crippen LogP contribution in [0.15, 0.2) is 24.3 Å². The molecule has 1 aromatic rings. The Hall–Kier alpha value is -0.843. The zero-order chi connectivity index (χ0) is 14.8. The highest BCUT2D eigenvalue weighted by molar-refractivity contribution is 6.73. The predicted molar refractivity (Wildman–Crippen MR) is 84.4 cm³/mol. The molecule has 1 N–H and O–H groups in total. The van der Waals surface area contributed by atoms with E-state index in [4.69, 9.17) is 16.0 Å². The van der Waals surface area contributed by atoms with Gasteiger partial charge in [-0.25, -0.2) is 0 Å². The Morgan fingerprint density at radius 2 is 1.70 bits per heavy atom. The second kappa shape index (κ2) is 6.29. The summed E-state index contributed by atoms with van der Waals surface area (Å²) in [6, 6.07) is 10.7. The van der Waals surface area contributed by atoms with Crippen LogP contribution in [0.1, 0.15) is 32.4 Å². The van der Waals surface area contributed by atoms with Gasteiger partial charge in [0.15, 0.2) is 8.32 Å². The van der Waals surface area contributed by atoms with E-state index in [0.29, 0.717) is 5.02 Å². The number of hydrogen-bond donors (Lipinski definition) is 1. The second-order valence-electron chi connectivity index (χ2n) is 5.32. The van der Waals surface area contributed by atoms with Crippen LogP contribution in [0.3, 0.4) is 0 Å². The fourth-order valence-electron chi connectivity index (χ4n) is 2.69. The maximum absolute atomic E-state index is 11.9. The van der Waals surface area contributed by atoms with Crippen LogP contribution < -0.4 is 5.32 Å². The highest BCUT2D eigenvalue weighted by atomic mass is 35.5. The Bertz CT molecular complexity index is 465. The molecule has 2 atom stereocenters. The topological polar surface area (TPSA) is 38.3 Å². The molecule has 1 heterocycles. The van der Waals surface area contributed by atoms with Crippen molar-refractivity contribution >= 4 is 25.8 Å². The lowest BCUT2D eigenvalue weighted by molar-refractivity contribution is -0.141. The standard InChI is InChI=1S/C15H22ClNO2Si/c1-4-20(5-2,6-3)19-14-13(17-15(14)18)11-7-9-12(16)10-8-11/h7-10,13-14H,4-6H2,1-3H3,(H,17,18). The first-order valence-electron chi connectivity index (χ1n) is 7.29. The van der Waals surface area contributed by atoms with Crippen LogP contribution in [0.5, 0.6) is 0 Å². The Morgan fingerprint density at radius 1 is 1.15 bits per heavy atom. The molecular formula is C15H22ClNO2Si. The molecule has 0 saturated carbocycles. The molecule has 0 aromatic heterocycles. The lowest BCUT2D eigenvalue weighted by Crippen LogP contribution is -2.60. The molecule has 1 amide bonds. The van der Waals surface area contributed by atoms with E-state index < -0.39 is 8.32 Å². The van der Waals surface area contributed by atoms with Crippen LogP contribution in [0, 0.1) is 0 Å². The van der Waals surface area contributed by atoms with Crippen LogP contribution >= 0.6 is 11.6 Å². The molecule has 0 spiro atoms. The molecule has 1 saturated heterocycles.